The van der Waals surface area contributed by atoms with E-state index in [1.54, 1.807) is 27.9 Å². The van der Waals surface area contributed by atoms with Crippen molar-refractivity contribution in [3.8, 4) is 17.2 Å². The molecule has 1 saturated heterocycles. The van der Waals surface area contributed by atoms with Crippen molar-refractivity contribution >= 4 is 23.2 Å². The summed E-state index contributed by atoms with van der Waals surface area (Å²) < 4.78 is 17.9. The predicted octanol–water partition coefficient (Wildman–Crippen LogP) is 2.95. The number of rotatable bonds is 8. The van der Waals surface area contributed by atoms with Crippen LogP contribution < -0.4 is 24.4 Å². The zero-order valence-corrected chi connectivity index (χ0v) is 18.8. The van der Waals surface area contributed by atoms with Crippen LogP contribution in [0.4, 0.5) is 11.4 Å². The number of nitrogens with zero attached hydrogens (tertiary/aromatic N) is 3. The van der Waals surface area contributed by atoms with E-state index in [2.05, 4.69) is 10.4 Å². The fourth-order valence-electron chi connectivity index (χ4n) is 3.94. The molecule has 1 aliphatic rings. The number of nitrogens with one attached hydrogen (secondary N) is 1. The summed E-state index contributed by atoms with van der Waals surface area (Å²) in [7, 11) is 4.55. The van der Waals surface area contributed by atoms with Crippen LogP contribution in [0.1, 0.15) is 12.0 Å². The van der Waals surface area contributed by atoms with Crippen molar-refractivity contribution in [2.75, 3.05) is 38.1 Å². The maximum atomic E-state index is 13.1. The number of hydrogen-bond donors (Lipinski definition) is 1. The average Bonchev–Trinajstić information content (AvgIpc) is 3.49. The number of ether oxygens (including phenoxy) is 3. The predicted molar refractivity (Wildman–Crippen MR) is 123 cm³/mol. The van der Waals surface area contributed by atoms with E-state index in [1.165, 1.54) is 21.3 Å². The summed E-state index contributed by atoms with van der Waals surface area (Å²) >= 11 is 0. The fraction of sp³-hybridized carbons (Fsp3) is 0.292. The number of benzene rings is 2. The Balaban J connectivity index is 1.51. The topological polar surface area (TPSA) is 94.9 Å². The molecule has 33 heavy (non-hydrogen) atoms. The summed E-state index contributed by atoms with van der Waals surface area (Å²) in [6, 6.07) is 12.8. The zero-order chi connectivity index (χ0) is 23.4. The Bertz CT molecular complexity index is 1120. The van der Waals surface area contributed by atoms with Crippen molar-refractivity contribution in [2.24, 2.45) is 5.92 Å². The summed E-state index contributed by atoms with van der Waals surface area (Å²) in [4.78, 5) is 27.4. The van der Waals surface area contributed by atoms with Gasteiger partial charge in [-0.2, -0.15) is 5.10 Å². The highest BCUT2D eigenvalue weighted by Crippen LogP contribution is 2.42. The number of methoxy groups -OCH3 is 3. The van der Waals surface area contributed by atoms with Gasteiger partial charge in [0.25, 0.3) is 0 Å². The van der Waals surface area contributed by atoms with Gasteiger partial charge in [-0.25, -0.2) is 0 Å². The summed E-state index contributed by atoms with van der Waals surface area (Å²) in [6.45, 7) is 0.787. The van der Waals surface area contributed by atoms with Gasteiger partial charge in [-0.15, -0.1) is 0 Å². The van der Waals surface area contributed by atoms with E-state index in [9.17, 15) is 9.59 Å². The monoisotopic (exact) mass is 450 g/mol. The van der Waals surface area contributed by atoms with Crippen LogP contribution in [0.2, 0.25) is 0 Å². The molecule has 2 heterocycles. The molecule has 172 valence electrons. The lowest BCUT2D eigenvalue weighted by atomic mass is 10.1. The molecule has 1 unspecified atom stereocenters. The third-order valence-electron chi connectivity index (χ3n) is 5.62. The highest BCUT2D eigenvalue weighted by atomic mass is 16.5. The molecule has 1 aliphatic heterocycles. The summed E-state index contributed by atoms with van der Waals surface area (Å²) in [5, 5.41) is 7.22. The molecule has 1 atom stereocenters. The highest BCUT2D eigenvalue weighted by molar-refractivity contribution is 6.04. The lowest BCUT2D eigenvalue weighted by Gasteiger charge is -2.20. The zero-order valence-electron chi connectivity index (χ0n) is 18.8. The van der Waals surface area contributed by atoms with Crippen molar-refractivity contribution in [2.45, 2.75) is 13.0 Å². The Morgan fingerprint density at radius 3 is 2.45 bits per heavy atom. The van der Waals surface area contributed by atoms with Crippen molar-refractivity contribution in [3.05, 3.63) is 60.4 Å². The quantitative estimate of drug-likeness (QED) is 0.567. The largest absolute Gasteiger partial charge is 0.493 e. The first kappa shape index (κ1) is 22.2. The average molecular weight is 450 g/mol. The minimum absolute atomic E-state index is 0.115. The van der Waals surface area contributed by atoms with Gasteiger partial charge in [0.1, 0.15) is 0 Å². The smallest absolute Gasteiger partial charge is 0.229 e. The third-order valence-corrected chi connectivity index (χ3v) is 5.62. The minimum Gasteiger partial charge on any atom is -0.493 e. The number of hydrogen-bond acceptors (Lipinski definition) is 6. The molecule has 2 aromatic carbocycles. The first-order chi connectivity index (χ1) is 16.0. The van der Waals surface area contributed by atoms with E-state index in [0.29, 0.717) is 35.2 Å². The summed E-state index contributed by atoms with van der Waals surface area (Å²) in [5.41, 5.74) is 2.22. The molecule has 9 heteroatoms. The second kappa shape index (κ2) is 9.64. The van der Waals surface area contributed by atoms with Gasteiger partial charge in [0.2, 0.25) is 17.6 Å². The van der Waals surface area contributed by atoms with Gasteiger partial charge < -0.3 is 24.4 Å². The van der Waals surface area contributed by atoms with Crippen LogP contribution in [-0.4, -0.2) is 49.5 Å². The molecule has 0 bridgehead atoms. The van der Waals surface area contributed by atoms with Crippen LogP contribution in [0.3, 0.4) is 0 Å². The number of para-hydroxylation sites is 1. The van der Waals surface area contributed by atoms with Gasteiger partial charge in [0, 0.05) is 43.2 Å². The molecule has 0 radical (unpaired) electrons. The van der Waals surface area contributed by atoms with Gasteiger partial charge in [0.05, 0.1) is 39.5 Å². The van der Waals surface area contributed by atoms with Gasteiger partial charge in [0.15, 0.2) is 11.5 Å². The highest BCUT2D eigenvalue weighted by Gasteiger charge is 2.36. The molecule has 0 saturated carbocycles. The van der Waals surface area contributed by atoms with Crippen molar-refractivity contribution in [3.63, 3.8) is 0 Å². The maximum Gasteiger partial charge on any atom is 0.229 e. The van der Waals surface area contributed by atoms with Crippen LogP contribution in [-0.2, 0) is 16.1 Å². The number of carbonyl (C=O) groups excluding carboxylic acids is 2. The van der Waals surface area contributed by atoms with Crippen molar-refractivity contribution in [1.29, 1.82) is 0 Å². The molecule has 0 aliphatic carbocycles. The molecule has 9 nitrogen and oxygen atoms in total. The lowest BCUT2D eigenvalue weighted by Crippen LogP contribution is -2.28. The second-order valence-corrected chi connectivity index (χ2v) is 7.64. The number of carbonyl (C=O) groups is 2. The van der Waals surface area contributed by atoms with Crippen LogP contribution in [0.15, 0.2) is 54.9 Å². The van der Waals surface area contributed by atoms with Gasteiger partial charge in [-0.3, -0.25) is 14.3 Å². The third kappa shape index (κ3) is 4.62. The second-order valence-electron chi connectivity index (χ2n) is 7.64. The molecule has 4 rings (SSSR count). The Kier molecular flexibility index (Phi) is 6.48. The Morgan fingerprint density at radius 2 is 1.82 bits per heavy atom. The molecule has 1 aromatic heterocycles. The van der Waals surface area contributed by atoms with Crippen molar-refractivity contribution < 1.29 is 23.8 Å². The van der Waals surface area contributed by atoms with Gasteiger partial charge in [-0.1, -0.05) is 18.2 Å². The van der Waals surface area contributed by atoms with E-state index in [0.717, 1.165) is 5.56 Å². The van der Waals surface area contributed by atoms with Gasteiger partial charge in [-0.05, 0) is 17.7 Å². The maximum absolute atomic E-state index is 13.1. The van der Waals surface area contributed by atoms with Crippen LogP contribution >= 0.6 is 0 Å². The molecular formula is C24H26N4O5. The van der Waals surface area contributed by atoms with E-state index in [4.69, 9.17) is 14.2 Å². The van der Waals surface area contributed by atoms with E-state index < -0.39 is 5.92 Å². The molecule has 1 fully saturated rings. The van der Waals surface area contributed by atoms with E-state index in [-0.39, 0.29) is 24.8 Å². The number of anilines is 2. The lowest BCUT2D eigenvalue weighted by molar-refractivity contribution is -0.122. The number of aromatic nitrogens is 2. The van der Waals surface area contributed by atoms with Crippen LogP contribution in [0.25, 0.3) is 0 Å². The first-order valence-corrected chi connectivity index (χ1v) is 10.5. The molecule has 1 N–H and O–H groups in total. The Morgan fingerprint density at radius 1 is 1.09 bits per heavy atom. The van der Waals surface area contributed by atoms with Crippen LogP contribution in [0, 0.1) is 5.92 Å². The Hall–Kier alpha value is -4.01. The standard InChI is InChI=1S/C24H26N4O5/c1-31-20-12-18(13-21(32-2)23(20)33-3)28-15-17(11-22(28)29)24(30)26-19-8-5-4-7-16(19)14-27-10-6-9-25-27/h4-10,12-13,17H,11,14-15H2,1-3H3,(H,26,30). The molecule has 3 aromatic rings. The van der Waals surface area contributed by atoms with Gasteiger partial charge >= 0.3 is 0 Å². The number of amides is 2. The van der Waals surface area contributed by atoms with Crippen LogP contribution in [0.5, 0.6) is 17.2 Å². The summed E-state index contributed by atoms with van der Waals surface area (Å²) in [5.74, 6) is 0.494. The van der Waals surface area contributed by atoms with E-state index in [1.807, 2.05) is 36.5 Å². The van der Waals surface area contributed by atoms with E-state index >= 15 is 0 Å². The fourth-order valence-corrected chi connectivity index (χ4v) is 3.94. The SMILES string of the molecule is COc1cc(N2CC(C(=O)Nc3ccccc3Cn3cccn3)CC2=O)cc(OC)c1OC. The van der Waals surface area contributed by atoms with Crippen molar-refractivity contribution in [1.82, 2.24) is 9.78 Å². The summed E-state index contributed by atoms with van der Waals surface area (Å²) in [6.07, 6.45) is 3.69. The first-order valence-electron chi connectivity index (χ1n) is 10.5. The molecule has 2 amide bonds. The molecule has 0 spiro atoms. The minimum atomic E-state index is -0.491. The normalized spacial score (nSPS) is 15.4. The Labute approximate surface area is 191 Å². The molecular weight excluding hydrogens is 424 g/mol.